The molecule has 0 radical (unpaired) electrons. The quantitative estimate of drug-likeness (QED) is 0.736. The second-order valence-corrected chi connectivity index (χ2v) is 3.25. The van der Waals surface area contributed by atoms with Crippen LogP contribution in [0.2, 0.25) is 0 Å². The fraction of sp³-hybridized carbons (Fsp3) is 0.111. The summed E-state index contributed by atoms with van der Waals surface area (Å²) in [4.78, 5) is 0. The maximum Gasteiger partial charge on any atom is 0.139 e. The number of anilines is 1. The molecule has 2 N–H and O–H groups in total. The second kappa shape index (κ2) is 3.72. The van der Waals surface area contributed by atoms with E-state index in [9.17, 15) is 4.39 Å². The lowest BCUT2D eigenvalue weighted by Crippen LogP contribution is -1.91. The number of allylic oxidation sites excluding steroid dienone is 1. The minimum Gasteiger partial charge on any atom is -0.398 e. The molecular formula is C9H9BrFN. The minimum absolute atomic E-state index is 0.333. The number of nitrogen functional groups attached to an aromatic ring is 1. The molecule has 0 aliphatic carbocycles. The molecule has 0 spiro atoms. The summed E-state index contributed by atoms with van der Waals surface area (Å²) in [5, 5.41) is 0. The van der Waals surface area contributed by atoms with E-state index in [-0.39, 0.29) is 5.82 Å². The van der Waals surface area contributed by atoms with Gasteiger partial charge < -0.3 is 5.73 Å². The Balaban J connectivity index is 3.23. The Kier molecular flexibility index (Phi) is 2.87. The van der Waals surface area contributed by atoms with Crippen molar-refractivity contribution < 1.29 is 4.39 Å². The van der Waals surface area contributed by atoms with E-state index < -0.39 is 0 Å². The molecule has 0 aliphatic heterocycles. The van der Waals surface area contributed by atoms with E-state index in [0.717, 1.165) is 5.56 Å². The third-order valence-corrected chi connectivity index (χ3v) is 2.08. The first-order valence-corrected chi connectivity index (χ1v) is 4.31. The molecule has 0 heterocycles. The van der Waals surface area contributed by atoms with Crippen LogP contribution in [-0.2, 0) is 0 Å². The van der Waals surface area contributed by atoms with Crippen LogP contribution in [0.5, 0.6) is 0 Å². The lowest BCUT2D eigenvalue weighted by molar-refractivity contribution is 0.622. The van der Waals surface area contributed by atoms with Crippen LogP contribution in [0, 0.1) is 5.82 Å². The Morgan fingerprint density at radius 2 is 2.17 bits per heavy atom. The van der Waals surface area contributed by atoms with Gasteiger partial charge in [-0.3, -0.25) is 0 Å². The minimum atomic E-state index is -0.333. The van der Waals surface area contributed by atoms with E-state index in [1.54, 1.807) is 6.07 Å². The first kappa shape index (κ1) is 9.26. The summed E-state index contributed by atoms with van der Waals surface area (Å²) < 4.78 is 13.3. The van der Waals surface area contributed by atoms with Gasteiger partial charge in [-0.15, -0.1) is 0 Å². The summed E-state index contributed by atoms with van der Waals surface area (Å²) in [5.74, 6) is -0.333. The molecule has 0 saturated heterocycles. The second-order valence-electron chi connectivity index (χ2n) is 2.40. The van der Waals surface area contributed by atoms with Crippen molar-refractivity contribution in [3.05, 3.63) is 34.1 Å². The highest BCUT2D eigenvalue weighted by Crippen LogP contribution is 2.23. The van der Waals surface area contributed by atoms with E-state index in [4.69, 9.17) is 5.73 Å². The Morgan fingerprint density at radius 3 is 2.75 bits per heavy atom. The number of rotatable bonds is 1. The van der Waals surface area contributed by atoms with E-state index in [2.05, 4.69) is 15.9 Å². The SMILES string of the molecule is C/C=C\c1cc(Br)c(F)cc1N. The van der Waals surface area contributed by atoms with Crippen LogP contribution in [0.25, 0.3) is 6.08 Å². The van der Waals surface area contributed by atoms with Gasteiger partial charge in [0.25, 0.3) is 0 Å². The third-order valence-electron chi connectivity index (χ3n) is 1.47. The smallest absolute Gasteiger partial charge is 0.139 e. The number of hydrogen-bond acceptors (Lipinski definition) is 1. The van der Waals surface area contributed by atoms with Gasteiger partial charge in [0.05, 0.1) is 4.47 Å². The van der Waals surface area contributed by atoms with Gasteiger partial charge in [0.15, 0.2) is 0 Å². The van der Waals surface area contributed by atoms with E-state index >= 15 is 0 Å². The molecule has 0 amide bonds. The molecule has 0 fully saturated rings. The predicted molar refractivity (Wildman–Crippen MR) is 53.2 cm³/mol. The molecule has 0 saturated carbocycles. The van der Waals surface area contributed by atoms with Crippen molar-refractivity contribution in [1.82, 2.24) is 0 Å². The molecule has 64 valence electrons. The van der Waals surface area contributed by atoms with Gasteiger partial charge in [0, 0.05) is 5.69 Å². The van der Waals surface area contributed by atoms with E-state index in [1.165, 1.54) is 6.07 Å². The van der Waals surface area contributed by atoms with Crippen molar-refractivity contribution in [3.8, 4) is 0 Å². The van der Waals surface area contributed by atoms with Gasteiger partial charge in [-0.05, 0) is 40.5 Å². The topological polar surface area (TPSA) is 26.0 Å². The van der Waals surface area contributed by atoms with Crippen LogP contribution >= 0.6 is 15.9 Å². The van der Waals surface area contributed by atoms with Crippen LogP contribution in [0.3, 0.4) is 0 Å². The Hall–Kier alpha value is -0.830. The Bertz CT molecular complexity index is 321. The molecule has 1 aromatic rings. The van der Waals surface area contributed by atoms with Crippen molar-refractivity contribution in [1.29, 1.82) is 0 Å². The van der Waals surface area contributed by atoms with Crippen LogP contribution in [0.1, 0.15) is 12.5 Å². The van der Waals surface area contributed by atoms with Gasteiger partial charge in [-0.2, -0.15) is 0 Å². The van der Waals surface area contributed by atoms with Crippen LogP contribution in [-0.4, -0.2) is 0 Å². The highest BCUT2D eigenvalue weighted by Gasteiger charge is 2.02. The van der Waals surface area contributed by atoms with Crippen LogP contribution < -0.4 is 5.73 Å². The van der Waals surface area contributed by atoms with Crippen LogP contribution in [0.4, 0.5) is 10.1 Å². The van der Waals surface area contributed by atoms with Crippen molar-refractivity contribution in [2.75, 3.05) is 5.73 Å². The molecule has 1 rings (SSSR count). The zero-order valence-corrected chi connectivity index (χ0v) is 8.23. The molecule has 1 aromatic carbocycles. The average Bonchev–Trinajstić information content (AvgIpc) is 2.01. The first-order chi connectivity index (χ1) is 5.65. The summed E-state index contributed by atoms with van der Waals surface area (Å²) in [6.45, 7) is 1.89. The van der Waals surface area contributed by atoms with Gasteiger partial charge in [-0.1, -0.05) is 12.2 Å². The monoisotopic (exact) mass is 229 g/mol. The van der Waals surface area contributed by atoms with Gasteiger partial charge >= 0.3 is 0 Å². The fourth-order valence-electron chi connectivity index (χ4n) is 0.902. The lowest BCUT2D eigenvalue weighted by Gasteiger charge is -2.01. The van der Waals surface area contributed by atoms with Crippen molar-refractivity contribution in [2.45, 2.75) is 6.92 Å². The molecule has 3 heteroatoms. The first-order valence-electron chi connectivity index (χ1n) is 3.52. The third kappa shape index (κ3) is 1.85. The fourth-order valence-corrected chi connectivity index (χ4v) is 1.26. The zero-order chi connectivity index (χ0) is 9.14. The van der Waals surface area contributed by atoms with E-state index in [1.807, 2.05) is 19.1 Å². The standard InChI is InChI=1S/C9H9BrFN/c1-2-3-6-4-7(10)8(11)5-9(6)12/h2-5H,12H2,1H3/b3-2-. The molecule has 12 heavy (non-hydrogen) atoms. The largest absolute Gasteiger partial charge is 0.398 e. The molecule has 1 nitrogen and oxygen atoms in total. The summed E-state index contributed by atoms with van der Waals surface area (Å²) in [7, 11) is 0. The maximum atomic E-state index is 12.8. The number of nitrogens with two attached hydrogens (primary N) is 1. The normalized spacial score (nSPS) is 10.9. The lowest BCUT2D eigenvalue weighted by atomic mass is 10.1. The molecular weight excluding hydrogens is 221 g/mol. The maximum absolute atomic E-state index is 12.8. The summed E-state index contributed by atoms with van der Waals surface area (Å²) in [5.41, 5.74) is 6.84. The van der Waals surface area contributed by atoms with Crippen LogP contribution in [0.15, 0.2) is 22.7 Å². The number of halogens is 2. The molecule has 0 aliphatic rings. The summed E-state index contributed by atoms with van der Waals surface area (Å²) in [6.07, 6.45) is 3.69. The number of benzene rings is 1. The molecule has 0 aromatic heterocycles. The van der Waals surface area contributed by atoms with E-state index in [0.29, 0.717) is 10.2 Å². The molecule has 0 unspecified atom stereocenters. The number of hydrogen-bond donors (Lipinski definition) is 1. The summed E-state index contributed by atoms with van der Waals surface area (Å²) >= 11 is 3.09. The average molecular weight is 230 g/mol. The van der Waals surface area contributed by atoms with Gasteiger partial charge in [-0.25, -0.2) is 4.39 Å². The zero-order valence-electron chi connectivity index (χ0n) is 6.64. The Morgan fingerprint density at radius 1 is 1.50 bits per heavy atom. The highest BCUT2D eigenvalue weighted by atomic mass is 79.9. The van der Waals surface area contributed by atoms with Crippen molar-refractivity contribution in [3.63, 3.8) is 0 Å². The van der Waals surface area contributed by atoms with Gasteiger partial charge in [0.1, 0.15) is 5.82 Å². The van der Waals surface area contributed by atoms with Crippen molar-refractivity contribution in [2.24, 2.45) is 0 Å². The predicted octanol–water partition coefficient (Wildman–Crippen LogP) is 3.20. The van der Waals surface area contributed by atoms with Gasteiger partial charge in [0.2, 0.25) is 0 Å². The highest BCUT2D eigenvalue weighted by molar-refractivity contribution is 9.10. The Labute approximate surface area is 79.2 Å². The molecule has 0 bridgehead atoms. The summed E-state index contributed by atoms with van der Waals surface area (Å²) in [6, 6.07) is 2.96. The molecule has 0 atom stereocenters. The van der Waals surface area contributed by atoms with Crippen molar-refractivity contribution >= 4 is 27.7 Å².